The minimum atomic E-state index is 0.0361. The Bertz CT molecular complexity index is 469. The van der Waals surface area contributed by atoms with Crippen LogP contribution < -0.4 is 5.73 Å². The maximum atomic E-state index is 5.62. The maximum Gasteiger partial charge on any atom is 0.0178 e. The van der Waals surface area contributed by atoms with Gasteiger partial charge in [-0.3, -0.25) is 0 Å². The summed E-state index contributed by atoms with van der Waals surface area (Å²) < 4.78 is 0. The van der Waals surface area contributed by atoms with Crippen molar-refractivity contribution in [2.75, 3.05) is 0 Å². The Morgan fingerprint density at radius 1 is 0.824 bits per heavy atom. The van der Waals surface area contributed by atoms with Crippen molar-refractivity contribution in [1.29, 1.82) is 0 Å². The van der Waals surface area contributed by atoms with Gasteiger partial charge in [-0.1, -0.05) is 68.4 Å². The summed E-state index contributed by atoms with van der Waals surface area (Å²) >= 11 is 0. The van der Waals surface area contributed by atoms with Crippen LogP contribution in [-0.4, -0.2) is 0 Å². The molecular weight excluding hydrogens is 206 g/mol. The molecule has 0 spiro atoms. The first-order chi connectivity index (χ1) is 8.14. The van der Waals surface area contributed by atoms with E-state index in [0.29, 0.717) is 6.54 Å². The van der Waals surface area contributed by atoms with Crippen molar-refractivity contribution in [1.82, 2.24) is 0 Å². The van der Waals surface area contributed by atoms with Crippen molar-refractivity contribution in [2.24, 2.45) is 5.73 Å². The van der Waals surface area contributed by atoms with Crippen LogP contribution in [0.5, 0.6) is 0 Å². The lowest BCUT2D eigenvalue weighted by Crippen LogP contribution is -2.18. The average Bonchev–Trinajstić information content (AvgIpc) is 2.40. The molecular formula is C16H19N. The van der Waals surface area contributed by atoms with Crippen LogP contribution in [0.25, 0.3) is 0 Å². The SMILES string of the molecule is CC(C)(c1ccccc1)c1ccc(CN)cc1. The monoisotopic (exact) mass is 225 g/mol. The quantitative estimate of drug-likeness (QED) is 0.850. The Kier molecular flexibility index (Phi) is 3.30. The van der Waals surface area contributed by atoms with Gasteiger partial charge in [0.15, 0.2) is 0 Å². The molecule has 0 saturated heterocycles. The normalized spacial score (nSPS) is 11.5. The molecule has 2 rings (SSSR count). The minimum absolute atomic E-state index is 0.0361. The molecule has 0 fully saturated rings. The summed E-state index contributed by atoms with van der Waals surface area (Å²) in [5.74, 6) is 0. The van der Waals surface area contributed by atoms with E-state index in [1.165, 1.54) is 16.7 Å². The molecule has 88 valence electrons. The van der Waals surface area contributed by atoms with Crippen molar-refractivity contribution in [3.63, 3.8) is 0 Å². The molecule has 2 aromatic carbocycles. The van der Waals surface area contributed by atoms with Crippen LogP contribution in [0.3, 0.4) is 0 Å². The second-order valence-electron chi connectivity index (χ2n) is 4.89. The lowest BCUT2D eigenvalue weighted by Gasteiger charge is -2.26. The zero-order chi connectivity index (χ0) is 12.3. The summed E-state index contributed by atoms with van der Waals surface area (Å²) in [6.07, 6.45) is 0. The molecule has 0 amide bonds. The summed E-state index contributed by atoms with van der Waals surface area (Å²) in [6, 6.07) is 19.2. The molecule has 1 nitrogen and oxygen atoms in total. The number of nitrogens with two attached hydrogens (primary N) is 1. The summed E-state index contributed by atoms with van der Waals surface area (Å²) in [5.41, 5.74) is 9.49. The van der Waals surface area contributed by atoms with Crippen LogP contribution in [0.2, 0.25) is 0 Å². The Hall–Kier alpha value is -1.60. The minimum Gasteiger partial charge on any atom is -0.326 e. The standard InChI is InChI=1S/C16H19N/c1-16(2,14-6-4-3-5-7-14)15-10-8-13(12-17)9-11-15/h3-11H,12,17H2,1-2H3. The van der Waals surface area contributed by atoms with E-state index in [1.807, 2.05) is 0 Å². The van der Waals surface area contributed by atoms with Crippen molar-refractivity contribution in [3.05, 3.63) is 71.3 Å². The van der Waals surface area contributed by atoms with Gasteiger partial charge in [0, 0.05) is 12.0 Å². The molecule has 0 bridgehead atoms. The predicted octanol–water partition coefficient (Wildman–Crippen LogP) is 3.47. The molecule has 17 heavy (non-hydrogen) atoms. The number of benzene rings is 2. The molecule has 0 aliphatic rings. The average molecular weight is 225 g/mol. The lowest BCUT2D eigenvalue weighted by molar-refractivity contribution is 0.640. The zero-order valence-electron chi connectivity index (χ0n) is 10.5. The van der Waals surface area contributed by atoms with Crippen molar-refractivity contribution in [3.8, 4) is 0 Å². The van der Waals surface area contributed by atoms with E-state index in [0.717, 1.165) is 0 Å². The molecule has 0 heterocycles. The maximum absolute atomic E-state index is 5.62. The first-order valence-electron chi connectivity index (χ1n) is 5.99. The van der Waals surface area contributed by atoms with Crippen molar-refractivity contribution >= 4 is 0 Å². The third-order valence-electron chi connectivity index (χ3n) is 3.41. The largest absolute Gasteiger partial charge is 0.326 e. The molecule has 0 aliphatic carbocycles. The highest BCUT2D eigenvalue weighted by Gasteiger charge is 2.22. The summed E-state index contributed by atoms with van der Waals surface area (Å²) in [4.78, 5) is 0. The van der Waals surface area contributed by atoms with E-state index < -0.39 is 0 Å². The van der Waals surface area contributed by atoms with E-state index in [-0.39, 0.29) is 5.41 Å². The van der Waals surface area contributed by atoms with Crippen LogP contribution >= 0.6 is 0 Å². The molecule has 2 N–H and O–H groups in total. The van der Waals surface area contributed by atoms with Crippen molar-refractivity contribution < 1.29 is 0 Å². The summed E-state index contributed by atoms with van der Waals surface area (Å²) in [7, 11) is 0. The fraction of sp³-hybridized carbons (Fsp3) is 0.250. The smallest absolute Gasteiger partial charge is 0.0178 e. The van der Waals surface area contributed by atoms with Crippen LogP contribution in [-0.2, 0) is 12.0 Å². The lowest BCUT2D eigenvalue weighted by atomic mass is 9.78. The summed E-state index contributed by atoms with van der Waals surface area (Å²) in [5, 5.41) is 0. The van der Waals surface area contributed by atoms with Gasteiger partial charge < -0.3 is 5.73 Å². The molecule has 0 unspecified atom stereocenters. The van der Waals surface area contributed by atoms with E-state index >= 15 is 0 Å². The highest BCUT2D eigenvalue weighted by molar-refractivity contribution is 5.38. The molecule has 0 aromatic heterocycles. The van der Waals surface area contributed by atoms with Gasteiger partial charge in [0.05, 0.1) is 0 Å². The van der Waals surface area contributed by atoms with Gasteiger partial charge in [-0.05, 0) is 16.7 Å². The molecule has 2 aromatic rings. The fourth-order valence-corrected chi connectivity index (χ4v) is 2.08. The Balaban J connectivity index is 2.37. The molecule has 1 heteroatoms. The van der Waals surface area contributed by atoms with Gasteiger partial charge in [-0.2, -0.15) is 0 Å². The zero-order valence-corrected chi connectivity index (χ0v) is 10.5. The molecule has 0 aliphatic heterocycles. The van der Waals surface area contributed by atoms with Crippen LogP contribution in [0.15, 0.2) is 54.6 Å². The third-order valence-corrected chi connectivity index (χ3v) is 3.41. The Labute approximate surface area is 103 Å². The highest BCUT2D eigenvalue weighted by Crippen LogP contribution is 2.31. The summed E-state index contributed by atoms with van der Waals surface area (Å²) in [6.45, 7) is 5.10. The van der Waals surface area contributed by atoms with Gasteiger partial charge in [-0.25, -0.2) is 0 Å². The van der Waals surface area contributed by atoms with Gasteiger partial charge in [0.25, 0.3) is 0 Å². The van der Waals surface area contributed by atoms with Gasteiger partial charge in [0.2, 0.25) is 0 Å². The van der Waals surface area contributed by atoms with E-state index in [9.17, 15) is 0 Å². The predicted molar refractivity (Wildman–Crippen MR) is 72.9 cm³/mol. The van der Waals surface area contributed by atoms with Crippen LogP contribution in [0.1, 0.15) is 30.5 Å². The topological polar surface area (TPSA) is 26.0 Å². The van der Waals surface area contributed by atoms with E-state index in [1.54, 1.807) is 0 Å². The Morgan fingerprint density at radius 3 is 1.88 bits per heavy atom. The number of hydrogen-bond acceptors (Lipinski definition) is 1. The molecule has 0 radical (unpaired) electrons. The van der Waals surface area contributed by atoms with Crippen molar-refractivity contribution in [2.45, 2.75) is 25.8 Å². The second-order valence-corrected chi connectivity index (χ2v) is 4.89. The van der Waals surface area contributed by atoms with Crippen LogP contribution in [0, 0.1) is 0 Å². The van der Waals surface area contributed by atoms with Gasteiger partial charge in [0.1, 0.15) is 0 Å². The third kappa shape index (κ3) is 2.40. The molecule has 0 saturated carbocycles. The Morgan fingerprint density at radius 2 is 1.35 bits per heavy atom. The van der Waals surface area contributed by atoms with Gasteiger partial charge >= 0.3 is 0 Å². The van der Waals surface area contributed by atoms with E-state index in [2.05, 4.69) is 68.4 Å². The van der Waals surface area contributed by atoms with E-state index in [4.69, 9.17) is 5.73 Å². The number of hydrogen-bond donors (Lipinski definition) is 1. The number of rotatable bonds is 3. The first kappa shape index (κ1) is 11.9. The highest BCUT2D eigenvalue weighted by atomic mass is 14.5. The van der Waals surface area contributed by atoms with Gasteiger partial charge in [-0.15, -0.1) is 0 Å². The fourth-order valence-electron chi connectivity index (χ4n) is 2.08. The first-order valence-corrected chi connectivity index (χ1v) is 5.99. The van der Waals surface area contributed by atoms with Crippen LogP contribution in [0.4, 0.5) is 0 Å². The second kappa shape index (κ2) is 4.72. The molecule has 0 atom stereocenters.